The maximum absolute atomic E-state index is 12.0. The van der Waals surface area contributed by atoms with Crippen molar-refractivity contribution in [1.29, 1.82) is 0 Å². The van der Waals surface area contributed by atoms with E-state index in [2.05, 4.69) is 9.97 Å². The van der Waals surface area contributed by atoms with E-state index in [1.807, 2.05) is 0 Å². The van der Waals surface area contributed by atoms with E-state index in [1.54, 1.807) is 12.1 Å². The Hall–Kier alpha value is -5.20. The second kappa shape index (κ2) is 13.6. The van der Waals surface area contributed by atoms with Crippen LogP contribution in [0.2, 0.25) is 0 Å². The Labute approximate surface area is 209 Å². The number of aromatic nitrogens is 2. The first-order valence-electron chi connectivity index (χ1n) is 10.6. The molecule has 0 radical (unpaired) electrons. The number of carbonyl (C=O) groups excluding carboxylic acids is 2. The van der Waals surface area contributed by atoms with Crippen LogP contribution in [0.3, 0.4) is 0 Å². The summed E-state index contributed by atoms with van der Waals surface area (Å²) in [6, 6.07) is 14.8. The van der Waals surface area contributed by atoms with Crippen molar-refractivity contribution in [2.75, 3.05) is 5.73 Å². The van der Waals surface area contributed by atoms with Crippen LogP contribution >= 0.6 is 0 Å². The monoisotopic (exact) mass is 513 g/mol. The first kappa shape index (κ1) is 28.0. The highest BCUT2D eigenvalue weighted by Gasteiger charge is 2.41. The first-order valence-corrected chi connectivity index (χ1v) is 10.6. The van der Waals surface area contributed by atoms with E-state index < -0.39 is 42.1 Å². The molecule has 194 valence electrons. The van der Waals surface area contributed by atoms with Crippen LogP contribution in [0.25, 0.3) is 0 Å². The topological polar surface area (TPSA) is 219 Å². The molecule has 0 bridgehead atoms. The molecule has 0 amide bonds. The number of hydrogen-bond donors (Lipinski definition) is 5. The van der Waals surface area contributed by atoms with Gasteiger partial charge in [0.2, 0.25) is 12.2 Å². The fourth-order valence-corrected chi connectivity index (χ4v) is 2.73. The van der Waals surface area contributed by atoms with Crippen LogP contribution < -0.4 is 5.73 Å². The molecule has 0 aliphatic heterocycles. The van der Waals surface area contributed by atoms with Gasteiger partial charge in [-0.2, -0.15) is 0 Å². The number of imidazole rings is 1. The van der Waals surface area contributed by atoms with Gasteiger partial charge in [-0.15, -0.1) is 0 Å². The van der Waals surface area contributed by atoms with Gasteiger partial charge in [-0.1, -0.05) is 36.4 Å². The molecule has 0 spiro atoms. The van der Waals surface area contributed by atoms with E-state index in [0.717, 1.165) is 0 Å². The molecule has 13 nitrogen and oxygen atoms in total. The summed E-state index contributed by atoms with van der Waals surface area (Å²) in [5.41, 5.74) is 5.35. The van der Waals surface area contributed by atoms with Gasteiger partial charge in [0.05, 0.1) is 17.5 Å². The molecule has 3 aromatic rings. The lowest BCUT2D eigenvalue weighted by atomic mass is 10.1. The quantitative estimate of drug-likeness (QED) is 0.244. The number of esters is 2. The van der Waals surface area contributed by atoms with Crippen LogP contribution in [0.1, 0.15) is 33.0 Å². The molecule has 0 saturated heterocycles. The lowest BCUT2D eigenvalue weighted by molar-refractivity contribution is -0.166. The third-order valence-corrected chi connectivity index (χ3v) is 4.48. The number of rotatable bonds is 10. The number of benzene rings is 2. The average Bonchev–Trinajstić information content (AvgIpc) is 3.30. The summed E-state index contributed by atoms with van der Waals surface area (Å²) in [5, 5.41) is 26.8. The fourth-order valence-electron chi connectivity index (χ4n) is 2.73. The van der Waals surface area contributed by atoms with Crippen molar-refractivity contribution in [3.63, 3.8) is 0 Å². The van der Waals surface area contributed by atoms with Gasteiger partial charge in [0, 0.05) is 12.6 Å². The van der Waals surface area contributed by atoms with Crippen molar-refractivity contribution >= 4 is 35.7 Å². The molecular weight excluding hydrogens is 490 g/mol. The summed E-state index contributed by atoms with van der Waals surface area (Å²) in [6.45, 7) is 0. The third-order valence-electron chi connectivity index (χ3n) is 4.48. The molecule has 3 rings (SSSR count). The van der Waals surface area contributed by atoms with Gasteiger partial charge in [-0.25, -0.2) is 24.2 Å². The lowest BCUT2D eigenvalue weighted by Crippen LogP contribution is -2.45. The second-order valence-corrected chi connectivity index (χ2v) is 7.23. The SMILES string of the molecule is Nc1c[nH]c(CCC(=O)O)n1.O=C(O[C@H](C(=O)O)[C@H](OC(=O)c1ccccc1)C(=O)O)c1ccccc1. The zero-order chi connectivity index (χ0) is 27.4. The van der Waals surface area contributed by atoms with Crippen LogP contribution in [-0.2, 0) is 30.3 Å². The molecule has 13 heteroatoms. The Kier molecular flexibility index (Phi) is 10.3. The van der Waals surface area contributed by atoms with Crippen molar-refractivity contribution in [1.82, 2.24) is 9.97 Å². The minimum Gasteiger partial charge on any atom is -0.481 e. The maximum atomic E-state index is 12.0. The van der Waals surface area contributed by atoms with Gasteiger partial charge in [0.1, 0.15) is 11.6 Å². The predicted octanol–water partition coefficient (Wildman–Crippen LogP) is 1.62. The molecule has 6 N–H and O–H groups in total. The molecule has 0 aliphatic carbocycles. The molecule has 0 aliphatic rings. The predicted molar refractivity (Wildman–Crippen MR) is 126 cm³/mol. The number of aromatic amines is 1. The van der Waals surface area contributed by atoms with Crippen molar-refractivity contribution in [2.24, 2.45) is 0 Å². The number of aryl methyl sites for hydroxylation is 1. The normalized spacial score (nSPS) is 11.7. The smallest absolute Gasteiger partial charge is 0.349 e. The number of nitrogen functional groups attached to an aromatic ring is 1. The Morgan fingerprint density at radius 2 is 1.22 bits per heavy atom. The van der Waals surface area contributed by atoms with Crippen LogP contribution in [0.4, 0.5) is 5.82 Å². The highest BCUT2D eigenvalue weighted by Crippen LogP contribution is 2.13. The maximum Gasteiger partial charge on any atom is 0.349 e. The molecule has 0 saturated carbocycles. The number of H-pyrrole nitrogens is 1. The van der Waals surface area contributed by atoms with E-state index in [0.29, 0.717) is 18.1 Å². The van der Waals surface area contributed by atoms with Gasteiger partial charge in [0.25, 0.3) is 0 Å². The largest absolute Gasteiger partial charge is 0.481 e. The van der Waals surface area contributed by atoms with Gasteiger partial charge < -0.3 is 35.5 Å². The van der Waals surface area contributed by atoms with Crippen molar-refractivity contribution in [3.05, 3.63) is 83.8 Å². The first-order chi connectivity index (χ1) is 17.6. The van der Waals surface area contributed by atoms with Crippen LogP contribution in [0.15, 0.2) is 66.9 Å². The number of carboxylic acid groups (broad SMARTS) is 3. The number of nitrogens with two attached hydrogens (primary N) is 1. The highest BCUT2D eigenvalue weighted by atomic mass is 16.6. The number of aliphatic carboxylic acids is 3. The van der Waals surface area contributed by atoms with Gasteiger partial charge >= 0.3 is 29.8 Å². The fraction of sp³-hybridized carbons (Fsp3) is 0.167. The minimum absolute atomic E-state index is 0.0253. The summed E-state index contributed by atoms with van der Waals surface area (Å²) >= 11 is 0. The standard InChI is InChI=1S/C18H14O8.C6H9N3O2/c19-15(20)13(25-17(23)11-7-3-1-4-8-11)14(16(21)22)26-18(24)12-9-5-2-6-10-12;7-4-3-8-5(9-4)1-2-6(10)11/h1-10,13-14H,(H,19,20)(H,21,22);3H,1-2,7H2,(H,8,9)(H,10,11)/t13-,14-;/m0./s1. The molecular formula is C24H23N3O10. The molecule has 0 unspecified atom stereocenters. The summed E-state index contributed by atoms with van der Waals surface area (Å²) in [4.78, 5) is 63.6. The van der Waals surface area contributed by atoms with Crippen molar-refractivity contribution < 1.29 is 48.8 Å². The van der Waals surface area contributed by atoms with Gasteiger partial charge in [-0.3, -0.25) is 4.79 Å². The van der Waals surface area contributed by atoms with Crippen LogP contribution in [0.5, 0.6) is 0 Å². The number of carboxylic acids is 3. The summed E-state index contributed by atoms with van der Waals surface area (Å²) in [5.74, 6) is -5.46. The number of nitrogens with zero attached hydrogens (tertiary/aromatic N) is 1. The third kappa shape index (κ3) is 9.16. The minimum atomic E-state index is -2.21. The Morgan fingerprint density at radius 3 is 1.54 bits per heavy atom. The zero-order valence-electron chi connectivity index (χ0n) is 19.1. The molecule has 0 fully saturated rings. The average molecular weight is 513 g/mol. The summed E-state index contributed by atoms with van der Waals surface area (Å²) in [6.07, 6.45) is -2.42. The van der Waals surface area contributed by atoms with Gasteiger partial charge in [0.15, 0.2) is 0 Å². The Balaban J connectivity index is 0.000000364. The molecule has 2 atom stereocenters. The van der Waals surface area contributed by atoms with E-state index in [4.69, 9.17) is 20.3 Å². The number of carbonyl (C=O) groups is 5. The van der Waals surface area contributed by atoms with E-state index in [9.17, 15) is 34.2 Å². The second-order valence-electron chi connectivity index (χ2n) is 7.23. The van der Waals surface area contributed by atoms with E-state index >= 15 is 0 Å². The summed E-state index contributed by atoms with van der Waals surface area (Å²) in [7, 11) is 0. The summed E-state index contributed by atoms with van der Waals surface area (Å²) < 4.78 is 9.52. The molecule has 1 aromatic heterocycles. The Bertz CT molecular complexity index is 1160. The van der Waals surface area contributed by atoms with Crippen LogP contribution in [0, 0.1) is 0 Å². The lowest BCUT2D eigenvalue weighted by Gasteiger charge is -2.21. The van der Waals surface area contributed by atoms with Crippen LogP contribution in [-0.4, -0.2) is 67.3 Å². The van der Waals surface area contributed by atoms with E-state index in [1.165, 1.54) is 54.7 Å². The zero-order valence-corrected chi connectivity index (χ0v) is 19.1. The highest BCUT2D eigenvalue weighted by molar-refractivity contribution is 5.95. The molecule has 1 heterocycles. The van der Waals surface area contributed by atoms with Crippen molar-refractivity contribution in [2.45, 2.75) is 25.0 Å². The molecule has 37 heavy (non-hydrogen) atoms. The number of hydrogen-bond acceptors (Lipinski definition) is 9. The van der Waals surface area contributed by atoms with Gasteiger partial charge in [-0.05, 0) is 24.3 Å². The Morgan fingerprint density at radius 1 is 0.784 bits per heavy atom. The number of anilines is 1. The molecule has 2 aromatic carbocycles. The number of ether oxygens (including phenoxy) is 2. The van der Waals surface area contributed by atoms with Crippen molar-refractivity contribution in [3.8, 4) is 0 Å². The number of nitrogens with one attached hydrogen (secondary N) is 1. The van der Waals surface area contributed by atoms with E-state index in [-0.39, 0.29) is 17.5 Å².